The summed E-state index contributed by atoms with van der Waals surface area (Å²) in [6, 6.07) is 7.64. The molecule has 1 N–H and O–H groups in total. The molecule has 1 heterocycles. The molecule has 0 saturated carbocycles. The van der Waals surface area contributed by atoms with Crippen LogP contribution in [0.2, 0.25) is 5.02 Å². The zero-order valence-electron chi connectivity index (χ0n) is 12.6. The first-order valence-corrected chi connectivity index (χ1v) is 7.53. The summed E-state index contributed by atoms with van der Waals surface area (Å²) in [5.41, 5.74) is 1.64. The third-order valence-electron chi connectivity index (χ3n) is 3.52. The molecule has 0 saturated heterocycles. The van der Waals surface area contributed by atoms with E-state index in [1.807, 2.05) is 23.0 Å². The van der Waals surface area contributed by atoms with Gasteiger partial charge >= 0.3 is 0 Å². The molecule has 4 nitrogen and oxygen atoms in total. The van der Waals surface area contributed by atoms with E-state index in [2.05, 4.69) is 18.9 Å². The quantitative estimate of drug-likeness (QED) is 0.872. The fourth-order valence-electron chi connectivity index (χ4n) is 1.93. The monoisotopic (exact) mass is 308 g/mol. The lowest BCUT2D eigenvalue weighted by Gasteiger charge is -2.10. The van der Waals surface area contributed by atoms with Crippen molar-refractivity contribution >= 4 is 11.6 Å². The number of aromatic nitrogens is 2. The zero-order valence-corrected chi connectivity index (χ0v) is 13.3. The average molecular weight is 309 g/mol. The highest BCUT2D eigenvalue weighted by Gasteiger charge is 2.09. The highest BCUT2D eigenvalue weighted by molar-refractivity contribution is 6.32. The maximum atomic E-state index is 9.51. The Bertz CT molecular complexity index is 596. The van der Waals surface area contributed by atoms with E-state index >= 15 is 0 Å². The Labute approximate surface area is 130 Å². The smallest absolute Gasteiger partial charge is 0.138 e. The van der Waals surface area contributed by atoms with Gasteiger partial charge in [-0.1, -0.05) is 24.6 Å². The maximum Gasteiger partial charge on any atom is 0.138 e. The van der Waals surface area contributed by atoms with E-state index in [0.29, 0.717) is 23.4 Å². The van der Waals surface area contributed by atoms with Gasteiger partial charge in [-0.2, -0.15) is 5.10 Å². The SMILES string of the molecule is CCC(C)n1ccc(COc2ccc([C@@H](C)O)cc2Cl)n1. The second kappa shape index (κ2) is 6.96. The van der Waals surface area contributed by atoms with Gasteiger partial charge in [0.1, 0.15) is 12.4 Å². The van der Waals surface area contributed by atoms with Crippen LogP contribution in [0.3, 0.4) is 0 Å². The third-order valence-corrected chi connectivity index (χ3v) is 3.82. The first kappa shape index (κ1) is 15.9. The molecule has 0 spiro atoms. The first-order valence-electron chi connectivity index (χ1n) is 7.15. The van der Waals surface area contributed by atoms with Crippen LogP contribution >= 0.6 is 11.6 Å². The lowest BCUT2D eigenvalue weighted by Crippen LogP contribution is -2.06. The van der Waals surface area contributed by atoms with Gasteiger partial charge in [-0.25, -0.2) is 0 Å². The van der Waals surface area contributed by atoms with Crippen molar-refractivity contribution in [3.63, 3.8) is 0 Å². The summed E-state index contributed by atoms with van der Waals surface area (Å²) in [6.07, 6.45) is 2.46. The van der Waals surface area contributed by atoms with Gasteiger partial charge < -0.3 is 9.84 Å². The fourth-order valence-corrected chi connectivity index (χ4v) is 2.18. The minimum atomic E-state index is -0.539. The predicted molar refractivity (Wildman–Crippen MR) is 83.6 cm³/mol. The number of rotatable bonds is 6. The van der Waals surface area contributed by atoms with E-state index in [1.54, 1.807) is 19.1 Å². The van der Waals surface area contributed by atoms with Crippen molar-refractivity contribution < 1.29 is 9.84 Å². The second-order valence-corrected chi connectivity index (χ2v) is 5.61. The molecule has 0 radical (unpaired) electrons. The van der Waals surface area contributed by atoms with Gasteiger partial charge in [0, 0.05) is 12.2 Å². The molecule has 0 fully saturated rings. The molecule has 1 unspecified atom stereocenters. The summed E-state index contributed by atoms with van der Waals surface area (Å²) >= 11 is 6.16. The van der Waals surface area contributed by atoms with Crippen molar-refractivity contribution in [3.8, 4) is 5.75 Å². The number of aliphatic hydroxyl groups excluding tert-OH is 1. The Morgan fingerprint density at radius 2 is 2.10 bits per heavy atom. The van der Waals surface area contributed by atoms with Crippen molar-refractivity contribution in [3.05, 3.63) is 46.7 Å². The number of ether oxygens (including phenoxy) is 1. The summed E-state index contributed by atoms with van der Waals surface area (Å²) < 4.78 is 7.64. The summed E-state index contributed by atoms with van der Waals surface area (Å²) in [5.74, 6) is 0.596. The fraction of sp³-hybridized carbons (Fsp3) is 0.438. The van der Waals surface area contributed by atoms with Gasteiger partial charge in [0.2, 0.25) is 0 Å². The van der Waals surface area contributed by atoms with Gasteiger partial charge in [-0.3, -0.25) is 4.68 Å². The molecule has 21 heavy (non-hydrogen) atoms. The Kier molecular flexibility index (Phi) is 5.26. The highest BCUT2D eigenvalue weighted by Crippen LogP contribution is 2.28. The van der Waals surface area contributed by atoms with Crippen LogP contribution in [0.25, 0.3) is 0 Å². The van der Waals surface area contributed by atoms with Crippen LogP contribution in [0, 0.1) is 0 Å². The van der Waals surface area contributed by atoms with Gasteiger partial charge in [-0.15, -0.1) is 0 Å². The summed E-state index contributed by atoms with van der Waals surface area (Å²) in [4.78, 5) is 0. The van der Waals surface area contributed by atoms with Gasteiger partial charge in [0.15, 0.2) is 0 Å². The number of aliphatic hydroxyl groups is 1. The van der Waals surface area contributed by atoms with Crippen LogP contribution < -0.4 is 4.74 Å². The lowest BCUT2D eigenvalue weighted by molar-refractivity contribution is 0.199. The number of hydrogen-bond acceptors (Lipinski definition) is 3. The molecular weight excluding hydrogens is 288 g/mol. The first-order chi connectivity index (χ1) is 10.0. The van der Waals surface area contributed by atoms with Crippen molar-refractivity contribution in [2.45, 2.75) is 45.9 Å². The maximum absolute atomic E-state index is 9.51. The average Bonchev–Trinajstić information content (AvgIpc) is 2.93. The van der Waals surface area contributed by atoms with Crippen LogP contribution in [0.1, 0.15) is 50.6 Å². The van der Waals surface area contributed by atoms with E-state index < -0.39 is 6.10 Å². The molecule has 5 heteroatoms. The zero-order chi connectivity index (χ0) is 15.4. The summed E-state index contributed by atoms with van der Waals surface area (Å²) in [5, 5.41) is 14.5. The van der Waals surface area contributed by atoms with E-state index in [-0.39, 0.29) is 0 Å². The molecule has 1 aromatic heterocycles. The van der Waals surface area contributed by atoms with E-state index in [1.165, 1.54) is 0 Å². The molecule has 2 rings (SSSR count). The molecule has 0 aliphatic carbocycles. The topological polar surface area (TPSA) is 47.3 Å². The van der Waals surface area contributed by atoms with Gasteiger partial charge in [0.05, 0.1) is 16.8 Å². The van der Waals surface area contributed by atoms with Crippen molar-refractivity contribution in [2.24, 2.45) is 0 Å². The molecule has 0 amide bonds. The molecule has 114 valence electrons. The van der Waals surface area contributed by atoms with Crippen LogP contribution in [-0.2, 0) is 6.61 Å². The lowest BCUT2D eigenvalue weighted by atomic mass is 10.1. The van der Waals surface area contributed by atoms with Crippen LogP contribution in [0.4, 0.5) is 0 Å². The molecule has 0 aliphatic heterocycles. The molecule has 0 aliphatic rings. The Hall–Kier alpha value is -1.52. The molecule has 2 atom stereocenters. The molecule has 0 bridgehead atoms. The Morgan fingerprint density at radius 3 is 2.71 bits per heavy atom. The largest absolute Gasteiger partial charge is 0.486 e. The predicted octanol–water partition coefficient (Wildman–Crippen LogP) is 4.14. The van der Waals surface area contributed by atoms with Gasteiger partial charge in [-0.05, 0) is 44.0 Å². The molecule has 1 aromatic carbocycles. The minimum Gasteiger partial charge on any atom is -0.486 e. The van der Waals surface area contributed by atoms with Crippen LogP contribution in [-0.4, -0.2) is 14.9 Å². The number of benzene rings is 1. The minimum absolute atomic E-state index is 0.372. The normalized spacial score (nSPS) is 14.0. The number of halogens is 1. The summed E-state index contributed by atoms with van der Waals surface area (Å²) in [6.45, 7) is 6.33. The second-order valence-electron chi connectivity index (χ2n) is 5.20. The third kappa shape index (κ3) is 3.99. The van der Waals surface area contributed by atoms with E-state index in [0.717, 1.165) is 17.7 Å². The van der Waals surface area contributed by atoms with Crippen LogP contribution in [0.15, 0.2) is 30.5 Å². The van der Waals surface area contributed by atoms with Crippen LogP contribution in [0.5, 0.6) is 5.75 Å². The molecular formula is C16H21ClN2O2. The van der Waals surface area contributed by atoms with Gasteiger partial charge in [0.25, 0.3) is 0 Å². The van der Waals surface area contributed by atoms with Crippen molar-refractivity contribution in [1.82, 2.24) is 9.78 Å². The van der Waals surface area contributed by atoms with Crippen molar-refractivity contribution in [2.75, 3.05) is 0 Å². The van der Waals surface area contributed by atoms with Crippen molar-refractivity contribution in [1.29, 1.82) is 0 Å². The molecule has 2 aromatic rings. The van der Waals surface area contributed by atoms with E-state index in [9.17, 15) is 5.11 Å². The van der Waals surface area contributed by atoms with E-state index in [4.69, 9.17) is 16.3 Å². The standard InChI is InChI=1S/C16H21ClN2O2/c1-4-11(2)19-8-7-14(18-19)10-21-16-6-5-13(12(3)20)9-15(16)17/h5-9,11-12,20H,4,10H2,1-3H3/t11?,12-/m1/s1. The number of hydrogen-bond donors (Lipinski definition) is 1. The summed E-state index contributed by atoms with van der Waals surface area (Å²) in [7, 11) is 0. The Balaban J connectivity index is 2.01. The number of nitrogens with zero attached hydrogens (tertiary/aromatic N) is 2. The highest BCUT2D eigenvalue weighted by atomic mass is 35.5. The Morgan fingerprint density at radius 1 is 1.33 bits per heavy atom.